The molecule has 0 aliphatic carbocycles. The molecule has 0 saturated carbocycles. The number of nitrogens with zero attached hydrogens (tertiary/aromatic N) is 2. The predicted molar refractivity (Wildman–Crippen MR) is 95.8 cm³/mol. The molecule has 1 amide bonds. The summed E-state index contributed by atoms with van der Waals surface area (Å²) in [6.45, 7) is 2.07. The van der Waals surface area contributed by atoms with Crippen LogP contribution in [0.25, 0.3) is 10.9 Å². The van der Waals surface area contributed by atoms with Gasteiger partial charge < -0.3 is 9.47 Å². The molecule has 0 radical (unpaired) electrons. The van der Waals surface area contributed by atoms with Crippen molar-refractivity contribution in [3.63, 3.8) is 0 Å². The molecule has 1 aromatic heterocycles. The van der Waals surface area contributed by atoms with Gasteiger partial charge in [0, 0.05) is 30.4 Å². The smallest absolute Gasteiger partial charge is 0.263 e. The molecular formula is C20H17FN2O2. The van der Waals surface area contributed by atoms with Crippen molar-refractivity contribution in [3.05, 3.63) is 75.8 Å². The molecule has 1 aliphatic rings. The lowest BCUT2D eigenvalue weighted by molar-refractivity contribution is 0.0991. The lowest BCUT2D eigenvalue weighted by Crippen LogP contribution is -2.31. The van der Waals surface area contributed by atoms with Gasteiger partial charge in [0.2, 0.25) is 5.43 Å². The van der Waals surface area contributed by atoms with E-state index in [1.807, 2.05) is 16.7 Å². The van der Waals surface area contributed by atoms with Crippen LogP contribution in [0.4, 0.5) is 10.1 Å². The van der Waals surface area contributed by atoms with Gasteiger partial charge in [-0.15, -0.1) is 0 Å². The molecule has 4 rings (SSSR count). The maximum Gasteiger partial charge on any atom is 0.263 e. The molecule has 126 valence electrons. The van der Waals surface area contributed by atoms with E-state index in [4.69, 9.17) is 0 Å². The Morgan fingerprint density at radius 2 is 1.92 bits per heavy atom. The van der Waals surface area contributed by atoms with E-state index in [-0.39, 0.29) is 22.9 Å². The number of carbonyl (C=O) groups excluding carboxylic acids is 1. The molecule has 2 aromatic carbocycles. The topological polar surface area (TPSA) is 42.3 Å². The van der Waals surface area contributed by atoms with Crippen LogP contribution in [0.3, 0.4) is 0 Å². The van der Waals surface area contributed by atoms with Crippen molar-refractivity contribution < 1.29 is 9.18 Å². The van der Waals surface area contributed by atoms with Gasteiger partial charge in [-0.3, -0.25) is 9.59 Å². The quantitative estimate of drug-likeness (QED) is 0.718. The molecule has 0 bridgehead atoms. The highest BCUT2D eigenvalue weighted by Gasteiger charge is 2.25. The highest BCUT2D eigenvalue weighted by atomic mass is 19.1. The lowest BCUT2D eigenvalue weighted by atomic mass is 10.1. The van der Waals surface area contributed by atoms with Crippen LogP contribution >= 0.6 is 0 Å². The molecule has 0 spiro atoms. The molecule has 5 heteroatoms. The average Bonchev–Trinajstić information content (AvgIpc) is 2.94. The van der Waals surface area contributed by atoms with Gasteiger partial charge in [-0.05, 0) is 49.2 Å². The van der Waals surface area contributed by atoms with Crippen molar-refractivity contribution in [2.75, 3.05) is 11.9 Å². The minimum Gasteiger partial charge on any atom is -0.343 e. The Bertz CT molecular complexity index is 1050. The molecule has 0 fully saturated rings. The van der Waals surface area contributed by atoms with Crippen molar-refractivity contribution >= 4 is 22.5 Å². The molecule has 0 N–H and O–H groups in total. The third-order valence-corrected chi connectivity index (χ3v) is 4.87. The molecule has 0 unspecified atom stereocenters. The first-order valence-corrected chi connectivity index (χ1v) is 8.17. The summed E-state index contributed by atoms with van der Waals surface area (Å²) in [5.41, 5.74) is 2.45. The number of amides is 1. The Morgan fingerprint density at radius 3 is 2.64 bits per heavy atom. The summed E-state index contributed by atoms with van der Waals surface area (Å²) < 4.78 is 15.1. The number of halogens is 1. The number of pyridine rings is 1. The molecule has 25 heavy (non-hydrogen) atoms. The van der Waals surface area contributed by atoms with Crippen LogP contribution in [0.15, 0.2) is 53.5 Å². The van der Waals surface area contributed by atoms with E-state index in [0.29, 0.717) is 11.1 Å². The van der Waals surface area contributed by atoms with E-state index in [1.165, 1.54) is 29.2 Å². The summed E-state index contributed by atoms with van der Waals surface area (Å²) >= 11 is 0. The van der Waals surface area contributed by atoms with E-state index >= 15 is 0 Å². The molecule has 0 saturated heterocycles. The fourth-order valence-electron chi connectivity index (χ4n) is 3.53. The van der Waals surface area contributed by atoms with Gasteiger partial charge in [-0.25, -0.2) is 4.39 Å². The van der Waals surface area contributed by atoms with E-state index in [9.17, 15) is 14.0 Å². The Labute approximate surface area is 144 Å². The maximum atomic E-state index is 13.1. The zero-order chi connectivity index (χ0) is 17.7. The standard InChI is InChI=1S/C20H17FN2O2/c1-12-10-13-4-3-5-16-18(13)23(12)11-17(19(16)24)20(25)22(2)15-8-6-14(21)7-9-15/h3-9,11-12H,10H2,1-2H3/t12-/m1/s1. The van der Waals surface area contributed by atoms with Crippen LogP contribution in [0, 0.1) is 5.82 Å². The first-order valence-electron chi connectivity index (χ1n) is 8.17. The summed E-state index contributed by atoms with van der Waals surface area (Å²) in [5, 5.41) is 0.570. The van der Waals surface area contributed by atoms with Gasteiger partial charge in [0.1, 0.15) is 11.4 Å². The van der Waals surface area contributed by atoms with Crippen molar-refractivity contribution in [1.82, 2.24) is 4.57 Å². The second-order valence-electron chi connectivity index (χ2n) is 6.49. The zero-order valence-corrected chi connectivity index (χ0v) is 14.0. The molecular weight excluding hydrogens is 319 g/mol. The number of aromatic nitrogens is 1. The fourth-order valence-corrected chi connectivity index (χ4v) is 3.53. The summed E-state index contributed by atoms with van der Waals surface area (Å²) in [6, 6.07) is 11.5. The van der Waals surface area contributed by atoms with Gasteiger partial charge in [0.25, 0.3) is 5.91 Å². The fraction of sp³-hybridized carbons (Fsp3) is 0.200. The van der Waals surface area contributed by atoms with Crippen LogP contribution in [0.1, 0.15) is 28.9 Å². The number of benzene rings is 2. The van der Waals surface area contributed by atoms with Gasteiger partial charge in [-0.1, -0.05) is 12.1 Å². The zero-order valence-electron chi connectivity index (χ0n) is 14.0. The minimum absolute atomic E-state index is 0.130. The van der Waals surface area contributed by atoms with Crippen molar-refractivity contribution in [2.24, 2.45) is 0 Å². The second kappa shape index (κ2) is 5.55. The van der Waals surface area contributed by atoms with E-state index in [1.54, 1.807) is 19.3 Å². The van der Waals surface area contributed by atoms with Crippen molar-refractivity contribution in [3.8, 4) is 0 Å². The van der Waals surface area contributed by atoms with Crippen molar-refractivity contribution in [1.29, 1.82) is 0 Å². The monoisotopic (exact) mass is 336 g/mol. The molecule has 1 aliphatic heterocycles. The molecule has 1 atom stereocenters. The Kier molecular flexibility index (Phi) is 3.46. The number of hydrogen-bond donors (Lipinski definition) is 0. The van der Waals surface area contributed by atoms with Gasteiger partial charge in [0.15, 0.2) is 0 Å². The van der Waals surface area contributed by atoms with Crippen LogP contribution in [-0.4, -0.2) is 17.5 Å². The van der Waals surface area contributed by atoms with Crippen LogP contribution in [0.5, 0.6) is 0 Å². The summed E-state index contributed by atoms with van der Waals surface area (Å²) in [4.78, 5) is 27.2. The third kappa shape index (κ3) is 2.35. The third-order valence-electron chi connectivity index (χ3n) is 4.87. The highest BCUT2D eigenvalue weighted by Crippen LogP contribution is 2.31. The lowest BCUT2D eigenvalue weighted by Gasteiger charge is -2.19. The van der Waals surface area contributed by atoms with E-state index in [2.05, 4.69) is 6.92 Å². The largest absolute Gasteiger partial charge is 0.343 e. The van der Waals surface area contributed by atoms with Crippen LogP contribution < -0.4 is 10.3 Å². The normalized spacial score (nSPS) is 15.6. The van der Waals surface area contributed by atoms with Crippen molar-refractivity contribution in [2.45, 2.75) is 19.4 Å². The predicted octanol–water partition coefficient (Wildman–Crippen LogP) is 3.53. The van der Waals surface area contributed by atoms with E-state index < -0.39 is 5.91 Å². The Hall–Kier alpha value is -2.95. The number of hydrogen-bond acceptors (Lipinski definition) is 2. The molecule has 2 heterocycles. The molecule has 3 aromatic rings. The highest BCUT2D eigenvalue weighted by molar-refractivity contribution is 6.07. The Morgan fingerprint density at radius 1 is 1.20 bits per heavy atom. The Balaban J connectivity index is 1.85. The minimum atomic E-state index is -0.397. The van der Waals surface area contributed by atoms with Crippen LogP contribution in [-0.2, 0) is 6.42 Å². The second-order valence-corrected chi connectivity index (χ2v) is 6.49. The number of anilines is 1. The van der Waals surface area contributed by atoms with E-state index in [0.717, 1.165) is 17.5 Å². The van der Waals surface area contributed by atoms with Crippen LogP contribution in [0.2, 0.25) is 0 Å². The number of para-hydroxylation sites is 1. The summed E-state index contributed by atoms with van der Waals surface area (Å²) in [5.74, 6) is -0.767. The summed E-state index contributed by atoms with van der Waals surface area (Å²) in [7, 11) is 1.59. The first kappa shape index (κ1) is 15.6. The summed E-state index contributed by atoms with van der Waals surface area (Å²) in [6.07, 6.45) is 2.51. The molecule has 4 nitrogen and oxygen atoms in total. The number of rotatable bonds is 2. The maximum absolute atomic E-state index is 13.1. The first-order chi connectivity index (χ1) is 12.0. The van der Waals surface area contributed by atoms with Gasteiger partial charge >= 0.3 is 0 Å². The SMILES string of the molecule is C[C@@H]1Cc2cccc3c(=O)c(C(=O)N(C)c4ccc(F)cc4)cn1c23. The number of carbonyl (C=O) groups is 1. The van der Waals surface area contributed by atoms with Gasteiger partial charge in [-0.2, -0.15) is 0 Å². The average molecular weight is 336 g/mol. The van der Waals surface area contributed by atoms with Gasteiger partial charge in [0.05, 0.1) is 5.52 Å².